The quantitative estimate of drug-likeness (QED) is 0.471. The number of carboxylic acids is 2. The van der Waals surface area contributed by atoms with Gasteiger partial charge in [-0.1, -0.05) is 0 Å². The summed E-state index contributed by atoms with van der Waals surface area (Å²) in [6.07, 6.45) is -0.848. The van der Waals surface area contributed by atoms with Crippen LogP contribution in [0.3, 0.4) is 0 Å². The Morgan fingerprint density at radius 2 is 1.73 bits per heavy atom. The van der Waals surface area contributed by atoms with Gasteiger partial charge >= 0.3 is 11.9 Å². The van der Waals surface area contributed by atoms with Crippen LogP contribution in [0, 0.1) is 0 Å². The minimum atomic E-state index is -1.22. The molecular weight excluding hydrogens is 206 g/mol. The number of carboxylic acid groups (broad SMARTS) is 2. The Kier molecular flexibility index (Phi) is 5.69. The van der Waals surface area contributed by atoms with Gasteiger partial charge < -0.3 is 20.3 Å². The molecule has 84 valence electrons. The van der Waals surface area contributed by atoms with E-state index in [1.807, 2.05) is 0 Å². The standard InChI is InChI=1S/C8H11NO6/c10-4-5(3-8(14)15)9-6(11)1-2-7(12)13/h4-5H,1-3H2,(H,9,11)(H,12,13)(H,14,15)/t5-/m0/s1. The summed E-state index contributed by atoms with van der Waals surface area (Å²) in [6, 6.07) is -1.11. The number of hydrogen-bond acceptors (Lipinski definition) is 4. The van der Waals surface area contributed by atoms with Crippen LogP contribution in [-0.4, -0.2) is 40.4 Å². The Balaban J connectivity index is 3.95. The fourth-order valence-corrected chi connectivity index (χ4v) is 0.821. The first kappa shape index (κ1) is 13.1. The largest absolute Gasteiger partial charge is 0.481 e. The number of carbonyl (C=O) groups is 4. The van der Waals surface area contributed by atoms with E-state index in [9.17, 15) is 19.2 Å². The van der Waals surface area contributed by atoms with E-state index in [0.717, 1.165) is 0 Å². The number of amides is 1. The monoisotopic (exact) mass is 217 g/mol. The van der Waals surface area contributed by atoms with Crippen LogP contribution in [-0.2, 0) is 19.2 Å². The molecule has 7 nitrogen and oxygen atoms in total. The topological polar surface area (TPSA) is 121 Å². The molecule has 7 heteroatoms. The predicted molar refractivity (Wildman–Crippen MR) is 47.1 cm³/mol. The van der Waals surface area contributed by atoms with E-state index in [-0.39, 0.29) is 12.8 Å². The van der Waals surface area contributed by atoms with Gasteiger partial charge in [-0.3, -0.25) is 14.4 Å². The van der Waals surface area contributed by atoms with E-state index >= 15 is 0 Å². The van der Waals surface area contributed by atoms with Crippen LogP contribution in [0.5, 0.6) is 0 Å². The molecule has 0 saturated carbocycles. The highest BCUT2D eigenvalue weighted by molar-refractivity contribution is 5.84. The molecular formula is C8H11NO6. The molecule has 1 amide bonds. The zero-order valence-electron chi connectivity index (χ0n) is 7.80. The summed E-state index contributed by atoms with van der Waals surface area (Å²) >= 11 is 0. The molecule has 0 aliphatic carbocycles. The van der Waals surface area contributed by atoms with E-state index in [2.05, 4.69) is 5.32 Å². The van der Waals surface area contributed by atoms with Crippen molar-refractivity contribution in [2.24, 2.45) is 0 Å². The maximum Gasteiger partial charge on any atom is 0.305 e. The van der Waals surface area contributed by atoms with Gasteiger partial charge in [0.1, 0.15) is 6.29 Å². The molecule has 0 aliphatic heterocycles. The Labute approximate surface area is 85.1 Å². The van der Waals surface area contributed by atoms with E-state index in [4.69, 9.17) is 10.2 Å². The zero-order chi connectivity index (χ0) is 11.8. The summed E-state index contributed by atoms with van der Waals surface area (Å²) in [5, 5.41) is 18.7. The lowest BCUT2D eigenvalue weighted by Gasteiger charge is -2.09. The fourth-order valence-electron chi connectivity index (χ4n) is 0.821. The number of carbonyl (C=O) groups excluding carboxylic acids is 2. The van der Waals surface area contributed by atoms with Crippen molar-refractivity contribution < 1.29 is 29.4 Å². The second-order valence-corrected chi connectivity index (χ2v) is 2.80. The highest BCUT2D eigenvalue weighted by atomic mass is 16.4. The third kappa shape index (κ3) is 7.17. The Hall–Kier alpha value is -1.92. The van der Waals surface area contributed by atoms with Gasteiger partial charge in [0.05, 0.1) is 18.9 Å². The molecule has 0 unspecified atom stereocenters. The van der Waals surface area contributed by atoms with Crippen molar-refractivity contribution in [2.45, 2.75) is 25.3 Å². The molecule has 0 radical (unpaired) electrons. The van der Waals surface area contributed by atoms with Crippen molar-refractivity contribution in [3.63, 3.8) is 0 Å². The van der Waals surface area contributed by atoms with Crippen LogP contribution in [0.25, 0.3) is 0 Å². The molecule has 0 saturated heterocycles. The van der Waals surface area contributed by atoms with E-state index in [1.165, 1.54) is 0 Å². The average molecular weight is 217 g/mol. The van der Waals surface area contributed by atoms with Crippen LogP contribution in [0.1, 0.15) is 19.3 Å². The van der Waals surface area contributed by atoms with Gasteiger partial charge in [-0.25, -0.2) is 0 Å². The number of nitrogens with one attached hydrogen (secondary N) is 1. The van der Waals surface area contributed by atoms with Crippen molar-refractivity contribution in [3.8, 4) is 0 Å². The van der Waals surface area contributed by atoms with E-state index in [1.54, 1.807) is 0 Å². The first-order valence-electron chi connectivity index (χ1n) is 4.14. The lowest BCUT2D eigenvalue weighted by molar-refractivity contribution is -0.140. The second kappa shape index (κ2) is 6.52. The lowest BCUT2D eigenvalue weighted by atomic mass is 10.2. The second-order valence-electron chi connectivity index (χ2n) is 2.80. The third-order valence-electron chi connectivity index (χ3n) is 1.47. The van der Waals surface area contributed by atoms with Gasteiger partial charge in [-0.2, -0.15) is 0 Å². The Bertz CT molecular complexity index is 274. The molecule has 1 atom stereocenters. The fraction of sp³-hybridized carbons (Fsp3) is 0.500. The number of aliphatic carboxylic acids is 2. The molecule has 0 aromatic heterocycles. The first-order chi connectivity index (χ1) is 6.95. The van der Waals surface area contributed by atoms with Gasteiger partial charge in [0.15, 0.2) is 0 Å². The van der Waals surface area contributed by atoms with Crippen molar-refractivity contribution in [1.29, 1.82) is 0 Å². The SMILES string of the molecule is O=C[C@H](CC(=O)O)NC(=O)CCC(=O)O. The van der Waals surface area contributed by atoms with Gasteiger partial charge in [0, 0.05) is 6.42 Å². The molecule has 0 aromatic carbocycles. The van der Waals surface area contributed by atoms with Gasteiger partial charge in [-0.05, 0) is 0 Å². The molecule has 0 aliphatic rings. The summed E-state index contributed by atoms with van der Waals surface area (Å²) in [5.74, 6) is -3.01. The zero-order valence-corrected chi connectivity index (χ0v) is 7.80. The molecule has 0 aromatic rings. The molecule has 0 bridgehead atoms. The van der Waals surface area contributed by atoms with Crippen molar-refractivity contribution >= 4 is 24.1 Å². The minimum absolute atomic E-state index is 0.278. The predicted octanol–water partition coefficient (Wildman–Crippen LogP) is -0.990. The lowest BCUT2D eigenvalue weighted by Crippen LogP contribution is -2.37. The smallest absolute Gasteiger partial charge is 0.305 e. The summed E-state index contributed by atoms with van der Waals surface area (Å²) in [4.78, 5) is 41.6. The summed E-state index contributed by atoms with van der Waals surface area (Å²) in [6.45, 7) is 0. The molecule has 0 spiro atoms. The number of aldehydes is 1. The number of hydrogen-bond donors (Lipinski definition) is 3. The van der Waals surface area contributed by atoms with Gasteiger partial charge in [-0.15, -0.1) is 0 Å². The van der Waals surface area contributed by atoms with Crippen molar-refractivity contribution in [1.82, 2.24) is 5.32 Å². The normalized spacial score (nSPS) is 11.5. The van der Waals surface area contributed by atoms with Crippen molar-refractivity contribution in [3.05, 3.63) is 0 Å². The summed E-state index contributed by atoms with van der Waals surface area (Å²) in [7, 11) is 0. The highest BCUT2D eigenvalue weighted by Gasteiger charge is 2.15. The number of rotatable bonds is 7. The van der Waals surface area contributed by atoms with Crippen LogP contribution in [0.15, 0.2) is 0 Å². The Morgan fingerprint density at radius 3 is 2.13 bits per heavy atom. The first-order valence-corrected chi connectivity index (χ1v) is 4.14. The van der Waals surface area contributed by atoms with E-state index < -0.39 is 30.3 Å². The van der Waals surface area contributed by atoms with Crippen LogP contribution in [0.4, 0.5) is 0 Å². The molecule has 0 rings (SSSR count). The highest BCUT2D eigenvalue weighted by Crippen LogP contribution is 1.93. The van der Waals surface area contributed by atoms with Crippen LogP contribution < -0.4 is 5.32 Å². The van der Waals surface area contributed by atoms with Gasteiger partial charge in [0.25, 0.3) is 0 Å². The van der Waals surface area contributed by atoms with Crippen molar-refractivity contribution in [2.75, 3.05) is 0 Å². The van der Waals surface area contributed by atoms with Crippen LogP contribution in [0.2, 0.25) is 0 Å². The van der Waals surface area contributed by atoms with E-state index in [0.29, 0.717) is 6.29 Å². The van der Waals surface area contributed by atoms with Gasteiger partial charge in [0.2, 0.25) is 5.91 Å². The third-order valence-corrected chi connectivity index (χ3v) is 1.47. The maximum atomic E-state index is 11.0. The molecule has 15 heavy (non-hydrogen) atoms. The summed E-state index contributed by atoms with van der Waals surface area (Å²) < 4.78 is 0. The Morgan fingerprint density at radius 1 is 1.13 bits per heavy atom. The average Bonchev–Trinajstić information content (AvgIpc) is 2.13. The van der Waals surface area contributed by atoms with Crippen LogP contribution >= 0.6 is 0 Å². The minimum Gasteiger partial charge on any atom is -0.481 e. The summed E-state index contributed by atoms with van der Waals surface area (Å²) in [5.41, 5.74) is 0. The maximum absolute atomic E-state index is 11.0. The molecule has 3 N–H and O–H groups in total. The molecule has 0 fully saturated rings. The molecule has 0 heterocycles.